The van der Waals surface area contributed by atoms with Crippen molar-refractivity contribution < 1.29 is 27.6 Å². The van der Waals surface area contributed by atoms with Crippen LogP contribution in [0, 0.1) is 12.7 Å². The number of thiazole rings is 1. The van der Waals surface area contributed by atoms with Gasteiger partial charge in [0.25, 0.3) is 6.43 Å². The molecular weight excluding hydrogens is 409 g/mol. The number of carbonyl (C=O) groups excluding carboxylic acids is 3. The minimum absolute atomic E-state index is 0.00812. The number of ketones is 1. The largest absolute Gasteiger partial charge is 0.350 e. The lowest BCUT2D eigenvalue weighted by molar-refractivity contribution is -0.121. The number of halogens is 3. The molecule has 0 radical (unpaired) electrons. The lowest BCUT2D eigenvalue weighted by atomic mass is 10.1. The van der Waals surface area contributed by atoms with E-state index in [1.165, 1.54) is 19.1 Å². The number of amides is 3. The van der Waals surface area contributed by atoms with Crippen molar-refractivity contribution in [2.75, 3.05) is 18.4 Å². The molecule has 0 unspecified atom stereocenters. The molecule has 1 aromatic heterocycles. The molecule has 11 heteroatoms. The van der Waals surface area contributed by atoms with Crippen molar-refractivity contribution in [3.8, 4) is 10.4 Å². The maximum absolute atomic E-state index is 14.0. The molecule has 2 aromatic rings. The van der Waals surface area contributed by atoms with E-state index in [9.17, 15) is 27.6 Å². The SMILES string of the molecule is CC(=O)c1ccc(-c2sc(NC(=O)NCCC(=O)NCC(F)F)nc2C)cc1F. The van der Waals surface area contributed by atoms with Gasteiger partial charge in [0.15, 0.2) is 10.9 Å². The quantitative estimate of drug-likeness (QED) is 0.562. The van der Waals surface area contributed by atoms with Crippen molar-refractivity contribution in [2.24, 2.45) is 0 Å². The standard InChI is InChI=1S/C18H19F3N4O3S/c1-9-16(11-3-4-12(10(2)26)13(19)7-11)29-18(24-9)25-17(28)22-6-5-15(27)23-8-14(20)21/h3-4,7,14H,5-6,8H2,1-2H3,(H,23,27)(H2,22,24,25,28). The van der Waals surface area contributed by atoms with E-state index in [2.05, 4.69) is 15.6 Å². The maximum Gasteiger partial charge on any atom is 0.321 e. The van der Waals surface area contributed by atoms with E-state index in [1.807, 2.05) is 5.32 Å². The summed E-state index contributed by atoms with van der Waals surface area (Å²) in [4.78, 5) is 39.4. The Kier molecular flexibility index (Phi) is 7.71. The number of benzene rings is 1. The smallest absolute Gasteiger partial charge is 0.321 e. The summed E-state index contributed by atoms with van der Waals surface area (Å²) in [5.41, 5.74) is 1.07. The number of anilines is 1. The van der Waals surface area contributed by atoms with Gasteiger partial charge >= 0.3 is 6.03 Å². The first-order valence-electron chi connectivity index (χ1n) is 8.55. The fourth-order valence-corrected chi connectivity index (χ4v) is 3.33. The van der Waals surface area contributed by atoms with E-state index in [0.717, 1.165) is 11.3 Å². The van der Waals surface area contributed by atoms with E-state index in [-0.39, 0.29) is 29.4 Å². The van der Waals surface area contributed by atoms with Crippen molar-refractivity contribution in [1.29, 1.82) is 0 Å². The molecule has 156 valence electrons. The number of Topliss-reactive ketones (excluding diaryl/α,β-unsaturated/α-hetero) is 1. The highest BCUT2D eigenvalue weighted by Crippen LogP contribution is 2.33. The number of aromatic nitrogens is 1. The van der Waals surface area contributed by atoms with Crippen LogP contribution in [0.4, 0.5) is 23.1 Å². The van der Waals surface area contributed by atoms with E-state index >= 15 is 0 Å². The molecule has 3 amide bonds. The summed E-state index contributed by atoms with van der Waals surface area (Å²) in [6, 6.07) is 3.61. The first-order valence-corrected chi connectivity index (χ1v) is 9.37. The number of urea groups is 1. The predicted molar refractivity (Wildman–Crippen MR) is 103 cm³/mol. The normalized spacial score (nSPS) is 10.7. The predicted octanol–water partition coefficient (Wildman–Crippen LogP) is 3.35. The van der Waals surface area contributed by atoms with Gasteiger partial charge in [0, 0.05) is 13.0 Å². The molecule has 7 nitrogen and oxygen atoms in total. The third-order valence-electron chi connectivity index (χ3n) is 3.72. The number of alkyl halides is 2. The van der Waals surface area contributed by atoms with Gasteiger partial charge in [0.05, 0.1) is 22.7 Å². The molecule has 0 aliphatic heterocycles. The summed E-state index contributed by atoms with van der Waals surface area (Å²) in [5.74, 6) is -1.62. The topological polar surface area (TPSA) is 100 Å². The average molecular weight is 428 g/mol. The summed E-state index contributed by atoms with van der Waals surface area (Å²) < 4.78 is 38.0. The van der Waals surface area contributed by atoms with Crippen molar-refractivity contribution in [3.05, 3.63) is 35.3 Å². The molecule has 0 aliphatic rings. The second-order valence-electron chi connectivity index (χ2n) is 6.01. The van der Waals surface area contributed by atoms with Crippen LogP contribution >= 0.6 is 11.3 Å². The Bertz CT molecular complexity index is 918. The van der Waals surface area contributed by atoms with E-state index in [0.29, 0.717) is 16.1 Å². The maximum atomic E-state index is 14.0. The first kappa shape index (κ1) is 22.3. The van der Waals surface area contributed by atoms with Crippen LogP contribution in [0.3, 0.4) is 0 Å². The Morgan fingerprint density at radius 1 is 1.21 bits per heavy atom. The lowest BCUT2D eigenvalue weighted by Crippen LogP contribution is -2.34. The molecule has 29 heavy (non-hydrogen) atoms. The number of nitrogens with zero attached hydrogens (tertiary/aromatic N) is 1. The molecule has 0 fully saturated rings. The zero-order valence-electron chi connectivity index (χ0n) is 15.6. The highest BCUT2D eigenvalue weighted by Gasteiger charge is 2.15. The molecule has 0 saturated carbocycles. The van der Waals surface area contributed by atoms with Crippen LogP contribution < -0.4 is 16.0 Å². The summed E-state index contributed by atoms with van der Waals surface area (Å²) in [6.45, 7) is 2.19. The fraction of sp³-hybridized carbons (Fsp3) is 0.333. The molecule has 3 N–H and O–H groups in total. The highest BCUT2D eigenvalue weighted by atomic mass is 32.1. The van der Waals surface area contributed by atoms with E-state index in [4.69, 9.17) is 0 Å². The third-order valence-corrected chi connectivity index (χ3v) is 4.84. The Hall–Kier alpha value is -2.95. The van der Waals surface area contributed by atoms with Crippen LogP contribution in [0.1, 0.15) is 29.4 Å². The Morgan fingerprint density at radius 2 is 1.93 bits per heavy atom. The van der Waals surface area contributed by atoms with Crippen LogP contribution in [0.5, 0.6) is 0 Å². The van der Waals surface area contributed by atoms with Gasteiger partial charge in [-0.15, -0.1) is 0 Å². The van der Waals surface area contributed by atoms with Crippen molar-refractivity contribution in [1.82, 2.24) is 15.6 Å². The molecule has 1 heterocycles. The molecular formula is C18H19F3N4O3S. The number of hydrogen-bond donors (Lipinski definition) is 3. The third kappa shape index (κ3) is 6.56. The zero-order chi connectivity index (χ0) is 21.6. The van der Waals surface area contributed by atoms with E-state index in [1.54, 1.807) is 13.0 Å². The average Bonchev–Trinajstić information content (AvgIpc) is 2.99. The minimum Gasteiger partial charge on any atom is -0.350 e. The van der Waals surface area contributed by atoms with Gasteiger partial charge in [0.1, 0.15) is 5.82 Å². The zero-order valence-corrected chi connectivity index (χ0v) is 16.5. The van der Waals surface area contributed by atoms with Crippen molar-refractivity contribution in [2.45, 2.75) is 26.7 Å². The Morgan fingerprint density at radius 3 is 2.55 bits per heavy atom. The summed E-state index contributed by atoms with van der Waals surface area (Å²) >= 11 is 1.12. The van der Waals surface area contributed by atoms with Gasteiger partial charge in [0.2, 0.25) is 5.91 Å². The van der Waals surface area contributed by atoms with Gasteiger partial charge in [-0.3, -0.25) is 14.9 Å². The number of hydrogen-bond acceptors (Lipinski definition) is 5. The number of nitrogens with one attached hydrogen (secondary N) is 3. The summed E-state index contributed by atoms with van der Waals surface area (Å²) in [5, 5.41) is 7.20. The molecule has 0 aliphatic carbocycles. The van der Waals surface area contributed by atoms with Crippen LogP contribution in [-0.4, -0.2) is 42.2 Å². The van der Waals surface area contributed by atoms with Gasteiger partial charge in [-0.25, -0.2) is 22.9 Å². The summed E-state index contributed by atoms with van der Waals surface area (Å²) in [7, 11) is 0. The molecule has 1 aromatic carbocycles. The van der Waals surface area contributed by atoms with Crippen LogP contribution in [0.2, 0.25) is 0 Å². The van der Waals surface area contributed by atoms with Crippen LogP contribution in [0.15, 0.2) is 18.2 Å². The van der Waals surface area contributed by atoms with Gasteiger partial charge in [-0.05, 0) is 31.5 Å². The van der Waals surface area contributed by atoms with Crippen molar-refractivity contribution >= 4 is 34.2 Å². The van der Waals surface area contributed by atoms with Crippen LogP contribution in [-0.2, 0) is 4.79 Å². The Balaban J connectivity index is 1.93. The first-order chi connectivity index (χ1) is 13.7. The number of rotatable bonds is 8. The second kappa shape index (κ2) is 10.0. The van der Waals surface area contributed by atoms with E-state index < -0.39 is 30.7 Å². The molecule has 0 bridgehead atoms. The van der Waals surface area contributed by atoms with Gasteiger partial charge in [-0.1, -0.05) is 17.4 Å². The lowest BCUT2D eigenvalue weighted by Gasteiger charge is -2.06. The van der Waals surface area contributed by atoms with Crippen molar-refractivity contribution in [3.63, 3.8) is 0 Å². The Labute approximate surface area is 168 Å². The summed E-state index contributed by atoms with van der Waals surface area (Å²) in [6.07, 6.45) is -2.78. The number of carbonyl (C=O) groups is 3. The molecule has 0 saturated heterocycles. The number of aryl methyl sites for hydroxylation is 1. The highest BCUT2D eigenvalue weighted by molar-refractivity contribution is 7.19. The van der Waals surface area contributed by atoms with Crippen LogP contribution in [0.25, 0.3) is 10.4 Å². The molecule has 0 atom stereocenters. The molecule has 2 rings (SSSR count). The fourth-order valence-electron chi connectivity index (χ4n) is 2.37. The second-order valence-corrected chi connectivity index (χ2v) is 7.01. The monoisotopic (exact) mass is 428 g/mol. The minimum atomic E-state index is -2.63. The van der Waals surface area contributed by atoms with Gasteiger partial charge < -0.3 is 10.6 Å². The van der Waals surface area contributed by atoms with Gasteiger partial charge in [-0.2, -0.15) is 0 Å². The molecule has 0 spiro atoms.